The van der Waals surface area contributed by atoms with Crippen LogP contribution in [0.5, 0.6) is 0 Å². The van der Waals surface area contributed by atoms with Crippen LogP contribution in [0.15, 0.2) is 29.6 Å². The first kappa shape index (κ1) is 15.1. The SMILES string of the molecule is Cc1nc(CC(=O)N[C@@H](C(=O)O)c2cccc(F)c2)cs1. The van der Waals surface area contributed by atoms with Gasteiger partial charge in [0.15, 0.2) is 6.04 Å². The van der Waals surface area contributed by atoms with Crippen molar-refractivity contribution in [1.29, 1.82) is 0 Å². The summed E-state index contributed by atoms with van der Waals surface area (Å²) >= 11 is 1.41. The van der Waals surface area contributed by atoms with Crippen molar-refractivity contribution in [3.8, 4) is 0 Å². The van der Waals surface area contributed by atoms with Crippen molar-refractivity contribution in [2.45, 2.75) is 19.4 Å². The van der Waals surface area contributed by atoms with Crippen molar-refractivity contribution in [2.24, 2.45) is 0 Å². The standard InChI is InChI=1S/C14H13FN2O3S/c1-8-16-11(7-21-8)6-12(18)17-13(14(19)20)9-3-2-4-10(15)5-9/h2-5,7,13H,6H2,1H3,(H,17,18)(H,19,20)/t13-/m1/s1. The average molecular weight is 308 g/mol. The summed E-state index contributed by atoms with van der Waals surface area (Å²) in [4.78, 5) is 27.3. The van der Waals surface area contributed by atoms with E-state index in [4.69, 9.17) is 0 Å². The van der Waals surface area contributed by atoms with E-state index in [-0.39, 0.29) is 12.0 Å². The lowest BCUT2D eigenvalue weighted by Crippen LogP contribution is -2.34. The van der Waals surface area contributed by atoms with Crippen molar-refractivity contribution >= 4 is 23.2 Å². The maximum Gasteiger partial charge on any atom is 0.330 e. The van der Waals surface area contributed by atoms with Gasteiger partial charge in [-0.05, 0) is 24.6 Å². The van der Waals surface area contributed by atoms with Gasteiger partial charge in [-0.15, -0.1) is 11.3 Å². The van der Waals surface area contributed by atoms with Crippen LogP contribution in [0.4, 0.5) is 4.39 Å². The monoisotopic (exact) mass is 308 g/mol. The Bertz CT molecular complexity index is 672. The molecule has 110 valence electrons. The molecule has 0 fully saturated rings. The van der Waals surface area contributed by atoms with Crippen LogP contribution in [-0.2, 0) is 16.0 Å². The summed E-state index contributed by atoms with van der Waals surface area (Å²) in [5.74, 6) is -2.27. The maximum atomic E-state index is 13.2. The summed E-state index contributed by atoms with van der Waals surface area (Å²) < 4.78 is 13.2. The molecule has 1 aromatic heterocycles. The molecule has 1 atom stereocenters. The lowest BCUT2D eigenvalue weighted by molar-refractivity contribution is -0.142. The molecule has 0 bridgehead atoms. The minimum Gasteiger partial charge on any atom is -0.479 e. The Hall–Kier alpha value is -2.28. The third kappa shape index (κ3) is 4.09. The second kappa shape index (κ2) is 6.45. The number of amides is 1. The Balaban J connectivity index is 2.09. The van der Waals surface area contributed by atoms with E-state index in [1.807, 2.05) is 6.92 Å². The van der Waals surface area contributed by atoms with Crippen LogP contribution in [0.3, 0.4) is 0 Å². The van der Waals surface area contributed by atoms with Gasteiger partial charge in [-0.1, -0.05) is 12.1 Å². The molecule has 0 aliphatic carbocycles. The number of benzene rings is 1. The third-order valence-electron chi connectivity index (χ3n) is 2.74. The molecule has 2 aromatic rings. The highest BCUT2D eigenvalue weighted by molar-refractivity contribution is 7.09. The van der Waals surface area contributed by atoms with Crippen molar-refractivity contribution < 1.29 is 19.1 Å². The van der Waals surface area contributed by atoms with E-state index in [0.29, 0.717) is 5.69 Å². The largest absolute Gasteiger partial charge is 0.479 e. The van der Waals surface area contributed by atoms with Crippen LogP contribution in [-0.4, -0.2) is 22.0 Å². The molecule has 0 saturated carbocycles. The number of aromatic nitrogens is 1. The van der Waals surface area contributed by atoms with Crippen LogP contribution in [0.1, 0.15) is 22.3 Å². The summed E-state index contributed by atoms with van der Waals surface area (Å²) in [7, 11) is 0. The van der Waals surface area contributed by atoms with E-state index >= 15 is 0 Å². The second-order valence-corrected chi connectivity index (χ2v) is 5.49. The van der Waals surface area contributed by atoms with E-state index in [1.54, 1.807) is 5.38 Å². The zero-order chi connectivity index (χ0) is 15.4. The normalized spacial score (nSPS) is 11.9. The van der Waals surface area contributed by atoms with Gasteiger partial charge in [-0.25, -0.2) is 14.2 Å². The van der Waals surface area contributed by atoms with E-state index in [0.717, 1.165) is 11.1 Å². The summed E-state index contributed by atoms with van der Waals surface area (Å²) in [6, 6.07) is 3.87. The molecule has 1 aromatic carbocycles. The lowest BCUT2D eigenvalue weighted by atomic mass is 10.1. The molecule has 0 aliphatic heterocycles. The van der Waals surface area contributed by atoms with Crippen LogP contribution in [0.2, 0.25) is 0 Å². The second-order valence-electron chi connectivity index (χ2n) is 4.43. The Morgan fingerprint density at radius 2 is 2.24 bits per heavy atom. The fourth-order valence-corrected chi connectivity index (χ4v) is 2.45. The van der Waals surface area contributed by atoms with Crippen LogP contribution in [0, 0.1) is 12.7 Å². The average Bonchev–Trinajstić information content (AvgIpc) is 2.81. The molecule has 7 heteroatoms. The van der Waals surface area contributed by atoms with Gasteiger partial charge in [0.25, 0.3) is 0 Å². The number of aliphatic carboxylic acids is 1. The number of nitrogens with one attached hydrogen (secondary N) is 1. The van der Waals surface area contributed by atoms with Crippen LogP contribution >= 0.6 is 11.3 Å². The Morgan fingerprint density at radius 1 is 1.48 bits per heavy atom. The number of rotatable bonds is 5. The van der Waals surface area contributed by atoms with Gasteiger partial charge >= 0.3 is 5.97 Å². The number of aryl methyl sites for hydroxylation is 1. The number of nitrogens with zero attached hydrogens (tertiary/aromatic N) is 1. The molecule has 0 saturated heterocycles. The van der Waals surface area contributed by atoms with Crippen LogP contribution in [0.25, 0.3) is 0 Å². The molecular weight excluding hydrogens is 295 g/mol. The number of hydrogen-bond acceptors (Lipinski definition) is 4. The smallest absolute Gasteiger partial charge is 0.330 e. The highest BCUT2D eigenvalue weighted by Crippen LogP contribution is 2.15. The van der Waals surface area contributed by atoms with Gasteiger partial charge in [-0.2, -0.15) is 0 Å². The van der Waals surface area contributed by atoms with Crippen LogP contribution < -0.4 is 5.32 Å². The zero-order valence-electron chi connectivity index (χ0n) is 11.2. The number of carbonyl (C=O) groups excluding carboxylic acids is 1. The molecule has 2 rings (SSSR count). The summed E-state index contributed by atoms with van der Waals surface area (Å²) in [5, 5.41) is 14.1. The van der Waals surface area contributed by atoms with Gasteiger partial charge < -0.3 is 10.4 Å². The van der Waals surface area contributed by atoms with Crippen molar-refractivity contribution in [2.75, 3.05) is 0 Å². The Morgan fingerprint density at radius 3 is 2.81 bits per heavy atom. The lowest BCUT2D eigenvalue weighted by Gasteiger charge is -2.14. The number of thiazole rings is 1. The maximum absolute atomic E-state index is 13.2. The first-order valence-electron chi connectivity index (χ1n) is 6.14. The summed E-state index contributed by atoms with van der Waals surface area (Å²) in [6.07, 6.45) is -0.0105. The molecule has 1 heterocycles. The minimum absolute atomic E-state index is 0.0105. The highest BCUT2D eigenvalue weighted by Gasteiger charge is 2.22. The van der Waals surface area contributed by atoms with E-state index < -0.39 is 23.7 Å². The van der Waals surface area contributed by atoms with Gasteiger partial charge in [-0.3, -0.25) is 4.79 Å². The Kier molecular flexibility index (Phi) is 4.64. The highest BCUT2D eigenvalue weighted by atomic mass is 32.1. The van der Waals surface area contributed by atoms with Gasteiger partial charge in [0.2, 0.25) is 5.91 Å². The first-order valence-corrected chi connectivity index (χ1v) is 7.02. The predicted octanol–water partition coefficient (Wildman–Crippen LogP) is 2.08. The van der Waals surface area contributed by atoms with Crippen molar-refractivity contribution in [3.05, 3.63) is 51.7 Å². The fraction of sp³-hybridized carbons (Fsp3) is 0.214. The zero-order valence-corrected chi connectivity index (χ0v) is 12.0. The van der Waals surface area contributed by atoms with Crippen molar-refractivity contribution in [3.63, 3.8) is 0 Å². The molecule has 0 radical (unpaired) electrons. The van der Waals surface area contributed by atoms with E-state index in [1.165, 1.54) is 29.5 Å². The van der Waals surface area contributed by atoms with Gasteiger partial charge in [0.05, 0.1) is 17.1 Å². The third-order valence-corrected chi connectivity index (χ3v) is 3.56. The van der Waals surface area contributed by atoms with E-state index in [2.05, 4.69) is 10.3 Å². The fourth-order valence-electron chi connectivity index (χ4n) is 1.84. The quantitative estimate of drug-likeness (QED) is 0.886. The first-order chi connectivity index (χ1) is 9.95. The molecule has 21 heavy (non-hydrogen) atoms. The molecule has 0 aliphatic rings. The predicted molar refractivity (Wildman–Crippen MR) is 75.5 cm³/mol. The minimum atomic E-state index is -1.28. The Labute approximate surface area is 124 Å². The summed E-state index contributed by atoms with van der Waals surface area (Å²) in [5.41, 5.74) is 0.767. The number of carboxylic acids is 1. The number of carbonyl (C=O) groups is 2. The van der Waals surface area contributed by atoms with Gasteiger partial charge in [0, 0.05) is 5.38 Å². The summed E-state index contributed by atoms with van der Waals surface area (Å²) in [6.45, 7) is 1.82. The molecular formula is C14H13FN2O3S. The molecule has 5 nitrogen and oxygen atoms in total. The topological polar surface area (TPSA) is 79.3 Å². The van der Waals surface area contributed by atoms with Crippen molar-refractivity contribution in [1.82, 2.24) is 10.3 Å². The molecule has 0 spiro atoms. The molecule has 1 amide bonds. The molecule has 0 unspecified atom stereocenters. The number of hydrogen-bond donors (Lipinski definition) is 2. The molecule has 2 N–H and O–H groups in total. The number of carboxylic acid groups (broad SMARTS) is 1. The number of halogens is 1. The van der Waals surface area contributed by atoms with Gasteiger partial charge in [0.1, 0.15) is 5.82 Å². The van der Waals surface area contributed by atoms with E-state index in [9.17, 15) is 19.1 Å².